The van der Waals surface area contributed by atoms with Gasteiger partial charge in [-0.2, -0.15) is 0 Å². The van der Waals surface area contributed by atoms with Crippen LogP contribution in [0.2, 0.25) is 10.0 Å². The number of hydrogen-bond donors (Lipinski definition) is 1. The first-order chi connectivity index (χ1) is 12.8. The lowest BCUT2D eigenvalue weighted by Gasteiger charge is -2.13. The number of phenolic OH excluding ortho intramolecular Hbond substituents is 1. The quantitative estimate of drug-likeness (QED) is 0.556. The third kappa shape index (κ3) is 4.79. The van der Waals surface area contributed by atoms with Crippen molar-refractivity contribution in [3.63, 3.8) is 0 Å². The SMILES string of the molecule is O=C1S/C(=C\c2cc(Br)cc(Cl)c2O)C(=O)N1CCOc1ccc(Cl)cc1. The van der Waals surface area contributed by atoms with E-state index in [4.69, 9.17) is 27.9 Å². The molecule has 1 N–H and O–H groups in total. The van der Waals surface area contributed by atoms with Crippen molar-refractivity contribution in [2.45, 2.75) is 0 Å². The Kier molecular flexibility index (Phi) is 6.37. The molecule has 1 aliphatic rings. The third-order valence-electron chi connectivity index (χ3n) is 3.62. The van der Waals surface area contributed by atoms with Crippen molar-refractivity contribution >= 4 is 68.1 Å². The van der Waals surface area contributed by atoms with Crippen LogP contribution in [-0.4, -0.2) is 34.3 Å². The largest absolute Gasteiger partial charge is 0.506 e. The molecule has 1 aliphatic heterocycles. The minimum Gasteiger partial charge on any atom is -0.506 e. The molecule has 0 aliphatic carbocycles. The standard InChI is InChI=1S/C18H12BrCl2NO4S/c19-11-7-10(16(23)14(21)9-11)8-15-17(24)22(18(25)27-15)5-6-26-13-3-1-12(20)2-4-13/h1-4,7-9,23H,5-6H2/b15-8-. The molecular formula is C18H12BrCl2NO4S. The Balaban J connectivity index is 1.69. The van der Waals surface area contributed by atoms with Crippen molar-refractivity contribution in [2.24, 2.45) is 0 Å². The smallest absolute Gasteiger partial charge is 0.293 e. The molecule has 0 bridgehead atoms. The lowest BCUT2D eigenvalue weighted by Crippen LogP contribution is -2.32. The Morgan fingerprint density at radius 1 is 1.19 bits per heavy atom. The van der Waals surface area contributed by atoms with Crippen LogP contribution >= 0.6 is 50.9 Å². The average Bonchev–Trinajstić information content (AvgIpc) is 2.88. The van der Waals surface area contributed by atoms with Crippen LogP contribution in [0, 0.1) is 0 Å². The molecule has 2 aromatic rings. The number of rotatable bonds is 5. The van der Waals surface area contributed by atoms with Crippen molar-refractivity contribution in [1.82, 2.24) is 4.90 Å². The summed E-state index contributed by atoms with van der Waals surface area (Å²) in [6, 6.07) is 9.93. The summed E-state index contributed by atoms with van der Waals surface area (Å²) >= 11 is 15.8. The van der Waals surface area contributed by atoms with Gasteiger partial charge in [0, 0.05) is 15.1 Å². The van der Waals surface area contributed by atoms with Gasteiger partial charge in [0.15, 0.2) is 0 Å². The number of carbonyl (C=O) groups is 2. The number of thioether (sulfide) groups is 1. The van der Waals surface area contributed by atoms with Crippen LogP contribution in [0.3, 0.4) is 0 Å². The first kappa shape index (κ1) is 20.1. The second kappa shape index (κ2) is 8.56. The summed E-state index contributed by atoms with van der Waals surface area (Å²) in [7, 11) is 0. The maximum absolute atomic E-state index is 12.5. The van der Waals surface area contributed by atoms with E-state index in [1.165, 1.54) is 12.1 Å². The fraction of sp³-hybridized carbons (Fsp3) is 0.111. The zero-order chi connectivity index (χ0) is 19.6. The first-order valence-electron chi connectivity index (χ1n) is 7.67. The fourth-order valence-electron chi connectivity index (χ4n) is 2.32. The highest BCUT2D eigenvalue weighted by molar-refractivity contribution is 9.10. The van der Waals surface area contributed by atoms with E-state index in [1.54, 1.807) is 30.3 Å². The predicted octanol–water partition coefficient (Wildman–Crippen LogP) is 5.58. The molecular weight excluding hydrogens is 477 g/mol. The number of amides is 2. The minimum absolute atomic E-state index is 0.107. The van der Waals surface area contributed by atoms with Crippen molar-refractivity contribution in [3.05, 3.63) is 61.4 Å². The van der Waals surface area contributed by atoms with Crippen LogP contribution in [-0.2, 0) is 4.79 Å². The van der Waals surface area contributed by atoms with Crippen LogP contribution in [0.15, 0.2) is 45.8 Å². The van der Waals surface area contributed by atoms with Gasteiger partial charge in [-0.25, -0.2) is 0 Å². The van der Waals surface area contributed by atoms with E-state index in [1.807, 2.05) is 0 Å². The topological polar surface area (TPSA) is 66.8 Å². The third-order valence-corrected chi connectivity index (χ3v) is 5.52. The van der Waals surface area contributed by atoms with Crippen LogP contribution in [0.25, 0.3) is 6.08 Å². The molecule has 3 rings (SSSR count). The zero-order valence-corrected chi connectivity index (χ0v) is 17.5. The van der Waals surface area contributed by atoms with Crippen molar-refractivity contribution in [1.29, 1.82) is 0 Å². The fourth-order valence-corrected chi connectivity index (χ4v) is 4.13. The van der Waals surface area contributed by atoms with Gasteiger partial charge < -0.3 is 9.84 Å². The first-order valence-corrected chi connectivity index (χ1v) is 10.0. The summed E-state index contributed by atoms with van der Waals surface area (Å²) < 4.78 is 6.17. The average molecular weight is 489 g/mol. The summed E-state index contributed by atoms with van der Waals surface area (Å²) in [6.45, 7) is 0.261. The van der Waals surface area contributed by atoms with Crippen LogP contribution < -0.4 is 4.74 Å². The molecule has 0 radical (unpaired) electrons. The predicted molar refractivity (Wildman–Crippen MR) is 110 cm³/mol. The van der Waals surface area contributed by atoms with Gasteiger partial charge in [0.05, 0.1) is 16.5 Å². The van der Waals surface area contributed by atoms with Crippen LogP contribution in [0.5, 0.6) is 11.5 Å². The van der Waals surface area contributed by atoms with Gasteiger partial charge in [-0.15, -0.1) is 0 Å². The van der Waals surface area contributed by atoms with E-state index in [-0.39, 0.29) is 28.8 Å². The molecule has 0 atom stereocenters. The number of phenols is 1. The van der Waals surface area contributed by atoms with Gasteiger partial charge >= 0.3 is 0 Å². The van der Waals surface area contributed by atoms with E-state index >= 15 is 0 Å². The van der Waals surface area contributed by atoms with Gasteiger partial charge in [-0.05, 0) is 54.2 Å². The molecule has 0 spiro atoms. The minimum atomic E-state index is -0.444. The van der Waals surface area contributed by atoms with Gasteiger partial charge in [0.2, 0.25) is 0 Å². The number of nitrogens with zero attached hydrogens (tertiary/aromatic N) is 1. The van der Waals surface area contributed by atoms with E-state index in [2.05, 4.69) is 15.9 Å². The lowest BCUT2D eigenvalue weighted by molar-refractivity contribution is -0.123. The number of aromatic hydroxyl groups is 1. The van der Waals surface area contributed by atoms with E-state index < -0.39 is 11.1 Å². The highest BCUT2D eigenvalue weighted by Gasteiger charge is 2.35. The maximum atomic E-state index is 12.5. The molecule has 5 nitrogen and oxygen atoms in total. The Bertz CT molecular complexity index is 934. The summed E-state index contributed by atoms with van der Waals surface area (Å²) in [6.07, 6.45) is 1.44. The number of halogens is 3. The number of ether oxygens (including phenoxy) is 1. The Morgan fingerprint density at radius 2 is 1.89 bits per heavy atom. The van der Waals surface area contributed by atoms with Crippen LogP contribution in [0.4, 0.5) is 4.79 Å². The molecule has 9 heteroatoms. The Hall–Kier alpha value is -1.67. The van der Waals surface area contributed by atoms with Gasteiger partial charge in [-0.3, -0.25) is 14.5 Å². The molecule has 1 saturated heterocycles. The second-order valence-corrected chi connectivity index (χ2v) is 8.21. The zero-order valence-electron chi connectivity index (χ0n) is 13.6. The van der Waals surface area contributed by atoms with Crippen molar-refractivity contribution < 1.29 is 19.4 Å². The summed E-state index contributed by atoms with van der Waals surface area (Å²) in [4.78, 5) is 26.0. The van der Waals surface area contributed by atoms with E-state index in [0.717, 1.165) is 16.7 Å². The second-order valence-electron chi connectivity index (χ2n) is 5.46. The van der Waals surface area contributed by atoms with E-state index in [9.17, 15) is 14.7 Å². The number of carbonyl (C=O) groups excluding carboxylic acids is 2. The van der Waals surface area contributed by atoms with Crippen molar-refractivity contribution in [3.8, 4) is 11.5 Å². The molecule has 27 heavy (non-hydrogen) atoms. The highest BCUT2D eigenvalue weighted by Crippen LogP contribution is 2.37. The van der Waals surface area contributed by atoms with Crippen LogP contribution in [0.1, 0.15) is 5.56 Å². The molecule has 1 heterocycles. The highest BCUT2D eigenvalue weighted by atomic mass is 79.9. The molecule has 2 aromatic carbocycles. The summed E-state index contributed by atoms with van der Waals surface area (Å²) in [5.74, 6) is -0.00597. The lowest BCUT2D eigenvalue weighted by atomic mass is 10.2. The monoisotopic (exact) mass is 487 g/mol. The number of imide groups is 1. The molecule has 140 valence electrons. The Morgan fingerprint density at radius 3 is 2.59 bits per heavy atom. The number of hydrogen-bond acceptors (Lipinski definition) is 5. The molecule has 0 aromatic heterocycles. The van der Waals surface area contributed by atoms with Gasteiger partial charge in [-0.1, -0.05) is 39.1 Å². The number of benzene rings is 2. The molecule has 0 saturated carbocycles. The summed E-state index contributed by atoms with van der Waals surface area (Å²) in [5, 5.41) is 10.4. The molecule has 0 unspecified atom stereocenters. The van der Waals surface area contributed by atoms with Gasteiger partial charge in [0.1, 0.15) is 18.1 Å². The molecule has 2 amide bonds. The normalized spacial score (nSPS) is 15.7. The Labute approximate surface area is 178 Å². The summed E-state index contributed by atoms with van der Waals surface area (Å²) in [5.41, 5.74) is 0.345. The van der Waals surface area contributed by atoms with E-state index in [0.29, 0.717) is 20.8 Å². The van der Waals surface area contributed by atoms with Gasteiger partial charge in [0.25, 0.3) is 11.1 Å². The van der Waals surface area contributed by atoms with Crippen molar-refractivity contribution in [2.75, 3.05) is 13.2 Å². The maximum Gasteiger partial charge on any atom is 0.293 e. The molecule has 1 fully saturated rings.